The first-order chi connectivity index (χ1) is 14.6. The van der Waals surface area contributed by atoms with Gasteiger partial charge in [0.25, 0.3) is 12.3 Å². The number of rotatable bonds is 6. The number of imidazole rings is 1. The van der Waals surface area contributed by atoms with Gasteiger partial charge in [-0.1, -0.05) is 0 Å². The Kier molecular flexibility index (Phi) is 5.45. The Balaban J connectivity index is 1.74. The van der Waals surface area contributed by atoms with E-state index in [9.17, 15) is 18.0 Å². The maximum atomic E-state index is 14.8. The van der Waals surface area contributed by atoms with Crippen molar-refractivity contribution in [2.45, 2.75) is 51.6 Å². The van der Waals surface area contributed by atoms with Gasteiger partial charge in [-0.25, -0.2) is 23.1 Å². The molecule has 31 heavy (non-hydrogen) atoms. The molecule has 0 unspecified atom stereocenters. The summed E-state index contributed by atoms with van der Waals surface area (Å²) in [6.45, 7) is 5.54. The first kappa shape index (κ1) is 21.6. The van der Waals surface area contributed by atoms with Gasteiger partial charge in [0.2, 0.25) is 0 Å². The minimum Gasteiger partial charge on any atom is -0.341 e. The molecule has 1 aliphatic carbocycles. The number of pyridine rings is 1. The molecule has 1 aromatic carbocycles. The molecule has 1 aliphatic rings. The lowest BCUT2D eigenvalue weighted by atomic mass is 10.0. The Hall–Kier alpha value is -2.62. The average molecular weight is 496 g/mol. The van der Waals surface area contributed by atoms with E-state index in [4.69, 9.17) is 0 Å². The standard InChI is InChI=1S/C21H21BrF3N5O/c1-10(2)30-9-26-14-8-15(22)27-18(17(14)30)28-16-11(3)12(4-5-13(16)23)19(31)29-21(6-7-21)20(24)25/h4-5,8-10,20H,6-7H2,1-3H3,(H,27,28)(H,29,31). The van der Waals surface area contributed by atoms with Gasteiger partial charge < -0.3 is 15.2 Å². The molecule has 164 valence electrons. The van der Waals surface area contributed by atoms with Crippen LogP contribution >= 0.6 is 15.9 Å². The summed E-state index contributed by atoms with van der Waals surface area (Å²) in [5, 5.41) is 5.41. The lowest BCUT2D eigenvalue weighted by Gasteiger charge is -2.19. The molecule has 2 aromatic heterocycles. The van der Waals surface area contributed by atoms with Crippen molar-refractivity contribution in [1.82, 2.24) is 19.9 Å². The third-order valence-electron chi connectivity index (χ3n) is 5.55. The molecule has 10 heteroatoms. The fraction of sp³-hybridized carbons (Fsp3) is 0.381. The highest BCUT2D eigenvalue weighted by Gasteiger charge is 2.52. The zero-order valence-electron chi connectivity index (χ0n) is 17.1. The first-order valence-corrected chi connectivity index (χ1v) is 10.6. The molecule has 2 heterocycles. The zero-order valence-corrected chi connectivity index (χ0v) is 18.7. The van der Waals surface area contributed by atoms with E-state index in [-0.39, 0.29) is 30.1 Å². The molecular weight excluding hydrogens is 475 g/mol. The molecule has 0 bridgehead atoms. The van der Waals surface area contributed by atoms with Gasteiger partial charge in [0.1, 0.15) is 21.5 Å². The van der Waals surface area contributed by atoms with Crippen LogP contribution in [0.25, 0.3) is 11.0 Å². The Morgan fingerprint density at radius 1 is 1.29 bits per heavy atom. The largest absolute Gasteiger partial charge is 0.341 e. The predicted octanol–water partition coefficient (Wildman–Crippen LogP) is 5.49. The van der Waals surface area contributed by atoms with Crippen molar-refractivity contribution < 1.29 is 18.0 Å². The second-order valence-corrected chi connectivity index (χ2v) is 8.85. The average Bonchev–Trinajstić information content (AvgIpc) is 3.34. The third kappa shape index (κ3) is 3.88. The van der Waals surface area contributed by atoms with Gasteiger partial charge >= 0.3 is 0 Å². The maximum absolute atomic E-state index is 14.8. The summed E-state index contributed by atoms with van der Waals surface area (Å²) in [5.41, 5.74) is 0.345. The number of fused-ring (bicyclic) bond motifs is 1. The quantitative estimate of drug-likeness (QED) is 0.443. The highest BCUT2D eigenvalue weighted by molar-refractivity contribution is 9.10. The number of hydrogen-bond acceptors (Lipinski definition) is 4. The van der Waals surface area contributed by atoms with Crippen molar-refractivity contribution >= 4 is 44.4 Å². The van der Waals surface area contributed by atoms with E-state index in [1.165, 1.54) is 6.07 Å². The van der Waals surface area contributed by atoms with E-state index in [1.807, 2.05) is 18.4 Å². The van der Waals surface area contributed by atoms with E-state index < -0.39 is 23.7 Å². The molecule has 3 aromatic rings. The summed E-state index contributed by atoms with van der Waals surface area (Å²) < 4.78 is 43.6. The summed E-state index contributed by atoms with van der Waals surface area (Å²) >= 11 is 3.34. The number of alkyl halides is 2. The fourth-order valence-electron chi connectivity index (χ4n) is 3.53. The lowest BCUT2D eigenvalue weighted by Crippen LogP contribution is -2.42. The van der Waals surface area contributed by atoms with Crippen LogP contribution in [0.4, 0.5) is 24.7 Å². The van der Waals surface area contributed by atoms with Crippen LogP contribution in [0.3, 0.4) is 0 Å². The number of nitrogens with one attached hydrogen (secondary N) is 2. The molecule has 1 amide bonds. The summed E-state index contributed by atoms with van der Waals surface area (Å²) in [6.07, 6.45) is -0.520. The second-order valence-electron chi connectivity index (χ2n) is 8.04. The smallest absolute Gasteiger partial charge is 0.261 e. The van der Waals surface area contributed by atoms with Gasteiger partial charge in [-0.2, -0.15) is 0 Å². The minimum absolute atomic E-state index is 0.0537. The molecule has 0 aliphatic heterocycles. The molecule has 1 saturated carbocycles. The first-order valence-electron chi connectivity index (χ1n) is 9.83. The van der Waals surface area contributed by atoms with Gasteiger partial charge in [-0.15, -0.1) is 0 Å². The second kappa shape index (κ2) is 7.81. The number of carbonyl (C=O) groups excluding carboxylic acids is 1. The van der Waals surface area contributed by atoms with Crippen LogP contribution in [-0.4, -0.2) is 32.4 Å². The van der Waals surface area contributed by atoms with Crippen LogP contribution in [-0.2, 0) is 0 Å². The SMILES string of the molecule is Cc1c(C(=O)NC2(C(F)F)CC2)ccc(F)c1Nc1nc(Br)cc2ncn(C(C)C)c12. The molecule has 0 saturated heterocycles. The lowest BCUT2D eigenvalue weighted by molar-refractivity contribution is 0.0679. The van der Waals surface area contributed by atoms with Crippen LogP contribution < -0.4 is 10.6 Å². The van der Waals surface area contributed by atoms with Crippen LogP contribution in [0.15, 0.2) is 29.1 Å². The van der Waals surface area contributed by atoms with Crippen molar-refractivity contribution in [2.24, 2.45) is 0 Å². The molecule has 0 spiro atoms. The Morgan fingerprint density at radius 2 is 2.00 bits per heavy atom. The minimum atomic E-state index is -2.65. The van der Waals surface area contributed by atoms with E-state index in [2.05, 4.69) is 36.5 Å². The Labute approximate surface area is 185 Å². The number of aromatic nitrogens is 3. The fourth-order valence-corrected chi connectivity index (χ4v) is 3.92. The summed E-state index contributed by atoms with van der Waals surface area (Å²) in [4.78, 5) is 21.5. The van der Waals surface area contributed by atoms with Crippen molar-refractivity contribution in [3.63, 3.8) is 0 Å². The zero-order chi connectivity index (χ0) is 22.5. The third-order valence-corrected chi connectivity index (χ3v) is 5.95. The molecule has 4 rings (SSSR count). The number of carbonyl (C=O) groups is 1. The van der Waals surface area contributed by atoms with Crippen molar-refractivity contribution in [3.8, 4) is 0 Å². The number of benzene rings is 1. The highest BCUT2D eigenvalue weighted by atomic mass is 79.9. The number of nitrogens with zero attached hydrogens (tertiary/aromatic N) is 3. The van der Waals surface area contributed by atoms with E-state index in [1.54, 1.807) is 19.3 Å². The van der Waals surface area contributed by atoms with Crippen molar-refractivity contribution in [1.29, 1.82) is 0 Å². The van der Waals surface area contributed by atoms with Crippen LogP contribution in [0.2, 0.25) is 0 Å². The number of halogens is 4. The Morgan fingerprint density at radius 3 is 2.61 bits per heavy atom. The maximum Gasteiger partial charge on any atom is 0.261 e. The van der Waals surface area contributed by atoms with Gasteiger partial charge in [0.05, 0.1) is 17.5 Å². The van der Waals surface area contributed by atoms with E-state index >= 15 is 0 Å². The monoisotopic (exact) mass is 495 g/mol. The molecule has 6 nitrogen and oxygen atoms in total. The van der Waals surface area contributed by atoms with E-state index in [0.29, 0.717) is 27.0 Å². The highest BCUT2D eigenvalue weighted by Crippen LogP contribution is 2.41. The summed E-state index contributed by atoms with van der Waals surface area (Å²) in [7, 11) is 0. The van der Waals surface area contributed by atoms with Crippen LogP contribution in [0, 0.1) is 12.7 Å². The Bertz CT molecular complexity index is 1170. The number of hydrogen-bond donors (Lipinski definition) is 2. The number of amides is 1. The normalized spacial score (nSPS) is 15.0. The van der Waals surface area contributed by atoms with Gasteiger partial charge in [0.15, 0.2) is 5.82 Å². The van der Waals surface area contributed by atoms with Crippen molar-refractivity contribution in [2.75, 3.05) is 5.32 Å². The van der Waals surface area contributed by atoms with E-state index in [0.717, 1.165) is 6.07 Å². The molecule has 0 atom stereocenters. The number of anilines is 2. The topological polar surface area (TPSA) is 71.8 Å². The van der Waals surface area contributed by atoms with Gasteiger partial charge in [-0.3, -0.25) is 4.79 Å². The molecule has 0 radical (unpaired) electrons. The van der Waals surface area contributed by atoms with Crippen LogP contribution in [0.1, 0.15) is 48.7 Å². The molecule has 1 fully saturated rings. The van der Waals surface area contributed by atoms with Gasteiger partial charge in [0, 0.05) is 11.6 Å². The predicted molar refractivity (Wildman–Crippen MR) is 115 cm³/mol. The van der Waals surface area contributed by atoms with Gasteiger partial charge in [-0.05, 0) is 73.3 Å². The van der Waals surface area contributed by atoms with Crippen molar-refractivity contribution in [3.05, 3.63) is 46.1 Å². The summed E-state index contributed by atoms with van der Waals surface area (Å²) in [6, 6.07) is 4.28. The van der Waals surface area contributed by atoms with Crippen LogP contribution in [0.5, 0.6) is 0 Å². The summed E-state index contributed by atoms with van der Waals surface area (Å²) in [5.74, 6) is -0.881. The molecule has 2 N–H and O–H groups in total. The molecular formula is C21H21BrF3N5O.